The summed E-state index contributed by atoms with van der Waals surface area (Å²) < 4.78 is 2.15. The van der Waals surface area contributed by atoms with Crippen LogP contribution in [0.15, 0.2) is 18.3 Å². The molecular weight excluding hydrogens is 328 g/mol. The highest BCUT2D eigenvalue weighted by atomic mass is 16.1. The van der Waals surface area contributed by atoms with Gasteiger partial charge in [-0.25, -0.2) is 4.98 Å². The molecule has 2 N–H and O–H groups in total. The van der Waals surface area contributed by atoms with E-state index in [-0.39, 0.29) is 11.9 Å². The van der Waals surface area contributed by atoms with Crippen LogP contribution in [0.1, 0.15) is 73.5 Å². The van der Waals surface area contributed by atoms with Crippen LogP contribution in [0.3, 0.4) is 0 Å². The van der Waals surface area contributed by atoms with Gasteiger partial charge in [-0.2, -0.15) is 0 Å². The number of aryl methyl sites for hydroxylation is 1. The number of nitrogens with one attached hydrogen (secondary N) is 2. The first-order valence-corrected chi connectivity index (χ1v) is 9.66. The third kappa shape index (κ3) is 3.57. The molecule has 7 heteroatoms. The van der Waals surface area contributed by atoms with Crippen LogP contribution in [-0.4, -0.2) is 31.7 Å². The summed E-state index contributed by atoms with van der Waals surface area (Å²) >= 11 is 0. The Kier molecular flexibility index (Phi) is 4.86. The van der Waals surface area contributed by atoms with Crippen molar-refractivity contribution >= 4 is 11.7 Å². The zero-order valence-corrected chi connectivity index (χ0v) is 15.2. The van der Waals surface area contributed by atoms with Crippen LogP contribution in [0.5, 0.6) is 0 Å². The molecule has 4 rings (SSSR count). The van der Waals surface area contributed by atoms with Crippen molar-refractivity contribution in [1.29, 1.82) is 0 Å². The van der Waals surface area contributed by atoms with Crippen molar-refractivity contribution in [3.8, 4) is 0 Å². The summed E-state index contributed by atoms with van der Waals surface area (Å²) in [4.78, 5) is 17.0. The third-order valence-corrected chi connectivity index (χ3v) is 5.35. The molecule has 26 heavy (non-hydrogen) atoms. The van der Waals surface area contributed by atoms with E-state index in [1.54, 1.807) is 12.3 Å². The van der Waals surface area contributed by atoms with E-state index in [1.165, 1.54) is 25.7 Å². The molecule has 1 aliphatic carbocycles. The topological polar surface area (TPSA) is 84.7 Å². The molecule has 0 bridgehead atoms. The minimum atomic E-state index is -0.179. The molecule has 7 nitrogen and oxygen atoms in total. The molecule has 138 valence electrons. The van der Waals surface area contributed by atoms with Gasteiger partial charge < -0.3 is 15.2 Å². The summed E-state index contributed by atoms with van der Waals surface area (Å²) in [6.45, 7) is 2.89. The minimum absolute atomic E-state index is 0.109. The van der Waals surface area contributed by atoms with E-state index in [0.717, 1.165) is 43.3 Å². The molecule has 1 aliphatic heterocycles. The molecule has 3 heterocycles. The normalized spacial score (nSPS) is 18.3. The molecule has 1 fully saturated rings. The standard InChI is InChI=1S/C19H26N6O/c1-13(18-24-23-17-8-4-5-11-25(17)18)21-19(26)14-9-10-20-16(12-14)22-15-6-2-3-7-15/h9-10,12-13,15H,2-8,11H2,1H3,(H,20,22)(H,21,26). The Bertz CT molecular complexity index is 780. The Morgan fingerprint density at radius 2 is 2.08 bits per heavy atom. The van der Waals surface area contributed by atoms with Crippen LogP contribution in [0.4, 0.5) is 5.82 Å². The first kappa shape index (κ1) is 17.0. The predicted molar refractivity (Wildman–Crippen MR) is 99.0 cm³/mol. The average Bonchev–Trinajstić information content (AvgIpc) is 3.31. The summed E-state index contributed by atoms with van der Waals surface area (Å²) in [5.41, 5.74) is 0.616. The smallest absolute Gasteiger partial charge is 0.252 e. The van der Waals surface area contributed by atoms with Crippen LogP contribution in [0.2, 0.25) is 0 Å². The molecule has 1 unspecified atom stereocenters. The van der Waals surface area contributed by atoms with Crippen molar-refractivity contribution in [3.63, 3.8) is 0 Å². The van der Waals surface area contributed by atoms with Crippen LogP contribution in [-0.2, 0) is 13.0 Å². The molecule has 1 atom stereocenters. The molecule has 1 amide bonds. The fourth-order valence-corrected chi connectivity index (χ4v) is 3.93. The molecule has 0 spiro atoms. The van der Waals surface area contributed by atoms with Gasteiger partial charge in [0, 0.05) is 30.8 Å². The molecule has 0 radical (unpaired) electrons. The molecule has 2 aromatic heterocycles. The molecule has 0 saturated heterocycles. The molecule has 1 saturated carbocycles. The first-order chi connectivity index (χ1) is 12.7. The van der Waals surface area contributed by atoms with Gasteiger partial charge in [0.15, 0.2) is 5.82 Å². The highest BCUT2D eigenvalue weighted by molar-refractivity contribution is 5.95. The summed E-state index contributed by atoms with van der Waals surface area (Å²) in [7, 11) is 0. The Hall–Kier alpha value is -2.44. The summed E-state index contributed by atoms with van der Waals surface area (Å²) in [6, 6.07) is 3.88. The number of hydrogen-bond donors (Lipinski definition) is 2. The number of hydrogen-bond acceptors (Lipinski definition) is 5. The van der Waals surface area contributed by atoms with E-state index in [4.69, 9.17) is 0 Å². The number of nitrogens with zero attached hydrogens (tertiary/aromatic N) is 4. The number of fused-ring (bicyclic) bond motifs is 1. The number of aromatic nitrogens is 4. The lowest BCUT2D eigenvalue weighted by molar-refractivity contribution is 0.0937. The highest BCUT2D eigenvalue weighted by Gasteiger charge is 2.22. The van der Waals surface area contributed by atoms with Gasteiger partial charge >= 0.3 is 0 Å². The fourth-order valence-electron chi connectivity index (χ4n) is 3.93. The molecule has 0 aromatic carbocycles. The zero-order valence-electron chi connectivity index (χ0n) is 15.2. The largest absolute Gasteiger partial charge is 0.367 e. The van der Waals surface area contributed by atoms with Gasteiger partial charge in [0.25, 0.3) is 5.91 Å². The first-order valence-electron chi connectivity index (χ1n) is 9.66. The maximum absolute atomic E-state index is 12.7. The van der Waals surface area contributed by atoms with Crippen molar-refractivity contribution in [1.82, 2.24) is 25.1 Å². The summed E-state index contributed by atoms with van der Waals surface area (Å²) in [6.07, 6.45) is 9.83. The summed E-state index contributed by atoms with van der Waals surface area (Å²) in [5.74, 6) is 2.53. The second-order valence-corrected chi connectivity index (χ2v) is 7.33. The quantitative estimate of drug-likeness (QED) is 0.862. The maximum Gasteiger partial charge on any atom is 0.252 e. The van der Waals surface area contributed by atoms with Crippen LogP contribution < -0.4 is 10.6 Å². The van der Waals surface area contributed by atoms with E-state index in [0.29, 0.717) is 11.6 Å². The lowest BCUT2D eigenvalue weighted by atomic mass is 10.1. The average molecular weight is 354 g/mol. The Balaban J connectivity index is 1.43. The SMILES string of the molecule is CC(NC(=O)c1ccnc(NC2CCCC2)c1)c1nnc2n1CCCC2. The Labute approximate surface area is 153 Å². The van der Waals surface area contributed by atoms with Crippen molar-refractivity contribution in [2.75, 3.05) is 5.32 Å². The van der Waals surface area contributed by atoms with Crippen molar-refractivity contribution < 1.29 is 4.79 Å². The van der Waals surface area contributed by atoms with Gasteiger partial charge in [0.2, 0.25) is 0 Å². The van der Waals surface area contributed by atoms with Crippen molar-refractivity contribution in [2.24, 2.45) is 0 Å². The number of carbonyl (C=O) groups excluding carboxylic acids is 1. The Morgan fingerprint density at radius 1 is 1.23 bits per heavy atom. The minimum Gasteiger partial charge on any atom is -0.367 e. The number of rotatable bonds is 5. The summed E-state index contributed by atoms with van der Waals surface area (Å²) in [5, 5.41) is 15.1. The van der Waals surface area contributed by atoms with Gasteiger partial charge in [-0.15, -0.1) is 10.2 Å². The van der Waals surface area contributed by atoms with Crippen LogP contribution in [0, 0.1) is 0 Å². The van der Waals surface area contributed by atoms with E-state index in [9.17, 15) is 4.79 Å². The van der Waals surface area contributed by atoms with E-state index < -0.39 is 0 Å². The van der Waals surface area contributed by atoms with Crippen molar-refractivity contribution in [2.45, 2.75) is 70.5 Å². The van der Waals surface area contributed by atoms with E-state index in [2.05, 4.69) is 30.4 Å². The van der Waals surface area contributed by atoms with Gasteiger partial charge in [-0.3, -0.25) is 4.79 Å². The highest BCUT2D eigenvalue weighted by Crippen LogP contribution is 2.22. The lowest BCUT2D eigenvalue weighted by Crippen LogP contribution is -2.29. The monoisotopic (exact) mass is 354 g/mol. The van der Waals surface area contributed by atoms with E-state index in [1.807, 2.05) is 13.0 Å². The second kappa shape index (κ2) is 7.43. The van der Waals surface area contributed by atoms with Gasteiger partial charge in [0.05, 0.1) is 6.04 Å². The molecule has 2 aromatic rings. The third-order valence-electron chi connectivity index (χ3n) is 5.35. The van der Waals surface area contributed by atoms with Crippen molar-refractivity contribution in [3.05, 3.63) is 35.5 Å². The number of pyridine rings is 1. The van der Waals surface area contributed by atoms with Crippen LogP contribution >= 0.6 is 0 Å². The van der Waals surface area contributed by atoms with Gasteiger partial charge in [-0.05, 0) is 44.7 Å². The number of amides is 1. The lowest BCUT2D eigenvalue weighted by Gasteiger charge is -2.19. The number of anilines is 1. The Morgan fingerprint density at radius 3 is 2.92 bits per heavy atom. The van der Waals surface area contributed by atoms with E-state index >= 15 is 0 Å². The molecular formula is C19H26N6O. The van der Waals surface area contributed by atoms with Gasteiger partial charge in [-0.1, -0.05) is 12.8 Å². The zero-order chi connectivity index (χ0) is 17.9. The maximum atomic E-state index is 12.7. The van der Waals surface area contributed by atoms with Crippen LogP contribution in [0.25, 0.3) is 0 Å². The molecule has 2 aliphatic rings. The predicted octanol–water partition coefficient (Wildman–Crippen LogP) is 2.85. The number of carbonyl (C=O) groups is 1. The fraction of sp³-hybridized carbons (Fsp3) is 0.579. The second-order valence-electron chi connectivity index (χ2n) is 7.33. The van der Waals surface area contributed by atoms with Gasteiger partial charge in [0.1, 0.15) is 11.6 Å².